The molecule has 0 saturated heterocycles. The fourth-order valence-corrected chi connectivity index (χ4v) is 4.23. The van der Waals surface area contributed by atoms with Crippen LogP contribution in [0.25, 0.3) is 11.3 Å². The summed E-state index contributed by atoms with van der Waals surface area (Å²) in [6, 6.07) is 21.5. The van der Waals surface area contributed by atoms with Crippen LogP contribution in [0.15, 0.2) is 72.8 Å². The van der Waals surface area contributed by atoms with Crippen molar-refractivity contribution in [2.75, 3.05) is 12.4 Å². The molecule has 4 aromatic rings. The maximum Gasteiger partial charge on any atom is 0.257 e. The number of para-hydroxylation sites is 1. The molecule has 2 amide bonds. The van der Waals surface area contributed by atoms with Gasteiger partial charge in [0.1, 0.15) is 18.1 Å². The van der Waals surface area contributed by atoms with Crippen molar-refractivity contribution in [2.45, 2.75) is 13.5 Å². The highest BCUT2D eigenvalue weighted by molar-refractivity contribution is 7.16. The Hall–Kier alpha value is -4.17. The molecule has 1 heterocycles. The first-order valence-electron chi connectivity index (χ1n) is 10.5. The number of anilines is 1. The molecule has 34 heavy (non-hydrogen) atoms. The highest BCUT2D eigenvalue weighted by Gasteiger charge is 2.14. The second-order valence-corrected chi connectivity index (χ2v) is 8.66. The van der Waals surface area contributed by atoms with Gasteiger partial charge in [-0.15, -0.1) is 11.3 Å². The molecule has 0 unspecified atom stereocenters. The lowest BCUT2D eigenvalue weighted by atomic mass is 10.1. The minimum Gasteiger partial charge on any atom is -0.497 e. The quantitative estimate of drug-likeness (QED) is 0.372. The molecule has 0 spiro atoms. The number of benzene rings is 3. The highest BCUT2D eigenvalue weighted by Crippen LogP contribution is 2.31. The molecular weight excluding hydrogens is 450 g/mol. The number of nitrogens with zero attached hydrogens (tertiary/aromatic N) is 1. The third-order valence-electron chi connectivity index (χ3n) is 5.12. The lowest BCUT2D eigenvalue weighted by molar-refractivity contribution is 0.0994. The summed E-state index contributed by atoms with van der Waals surface area (Å²) in [6.45, 7) is 2.15. The minimum absolute atomic E-state index is 0.184. The van der Waals surface area contributed by atoms with E-state index in [4.69, 9.17) is 15.2 Å². The number of amides is 2. The van der Waals surface area contributed by atoms with Gasteiger partial charge in [-0.3, -0.25) is 14.9 Å². The zero-order chi connectivity index (χ0) is 24.1. The van der Waals surface area contributed by atoms with Crippen molar-refractivity contribution < 1.29 is 19.1 Å². The van der Waals surface area contributed by atoms with Crippen LogP contribution in [0.5, 0.6) is 11.5 Å². The number of rotatable bonds is 8. The van der Waals surface area contributed by atoms with Crippen molar-refractivity contribution >= 4 is 28.3 Å². The number of ether oxygens (including phenoxy) is 2. The number of thiazole rings is 1. The Bertz CT molecular complexity index is 1330. The van der Waals surface area contributed by atoms with E-state index < -0.39 is 5.91 Å². The summed E-state index contributed by atoms with van der Waals surface area (Å²) in [5, 5.41) is 3.40. The van der Waals surface area contributed by atoms with Crippen molar-refractivity contribution in [1.29, 1.82) is 0 Å². The third-order valence-corrected chi connectivity index (χ3v) is 6.00. The Morgan fingerprint density at radius 1 is 1.03 bits per heavy atom. The van der Waals surface area contributed by atoms with Crippen LogP contribution in [-0.4, -0.2) is 23.9 Å². The second-order valence-electron chi connectivity index (χ2n) is 7.46. The van der Waals surface area contributed by atoms with Crippen LogP contribution in [-0.2, 0) is 6.61 Å². The van der Waals surface area contributed by atoms with Gasteiger partial charge < -0.3 is 15.2 Å². The molecule has 0 saturated carbocycles. The van der Waals surface area contributed by atoms with Gasteiger partial charge in [-0.2, -0.15) is 0 Å². The molecule has 4 rings (SSSR count). The molecule has 1 aromatic heterocycles. The van der Waals surface area contributed by atoms with E-state index in [0.717, 1.165) is 27.4 Å². The van der Waals surface area contributed by atoms with Gasteiger partial charge in [-0.1, -0.05) is 24.3 Å². The molecule has 0 atom stereocenters. The van der Waals surface area contributed by atoms with Crippen molar-refractivity contribution in [3.05, 3.63) is 94.4 Å². The van der Waals surface area contributed by atoms with Gasteiger partial charge >= 0.3 is 0 Å². The maximum absolute atomic E-state index is 12.9. The van der Waals surface area contributed by atoms with Crippen molar-refractivity contribution in [3.63, 3.8) is 0 Å². The summed E-state index contributed by atoms with van der Waals surface area (Å²) in [7, 11) is 1.62. The largest absolute Gasteiger partial charge is 0.497 e. The SMILES string of the molecule is COc1ccc(-c2nc(NC(=O)c3cccc(COc4ccccc4C(N)=O)c3)sc2C)cc1. The van der Waals surface area contributed by atoms with Crippen LogP contribution in [0.2, 0.25) is 0 Å². The number of methoxy groups -OCH3 is 1. The van der Waals surface area contributed by atoms with E-state index in [1.165, 1.54) is 11.3 Å². The summed E-state index contributed by atoms with van der Waals surface area (Å²) in [5.74, 6) is 0.340. The van der Waals surface area contributed by atoms with E-state index in [-0.39, 0.29) is 12.5 Å². The first kappa shape index (κ1) is 23.0. The number of nitrogens with two attached hydrogens (primary N) is 1. The molecule has 0 bridgehead atoms. The number of aromatic nitrogens is 1. The Balaban J connectivity index is 1.45. The molecule has 3 N–H and O–H groups in total. The minimum atomic E-state index is -0.559. The average molecular weight is 474 g/mol. The Labute approximate surface area is 201 Å². The van der Waals surface area contributed by atoms with E-state index in [1.807, 2.05) is 37.3 Å². The van der Waals surface area contributed by atoms with E-state index in [2.05, 4.69) is 10.3 Å². The predicted molar refractivity (Wildman–Crippen MR) is 133 cm³/mol. The van der Waals surface area contributed by atoms with Gasteiger partial charge in [0, 0.05) is 16.0 Å². The Morgan fingerprint density at radius 2 is 1.79 bits per heavy atom. The number of hydrogen-bond acceptors (Lipinski definition) is 6. The van der Waals surface area contributed by atoms with E-state index in [9.17, 15) is 9.59 Å². The topological polar surface area (TPSA) is 104 Å². The normalized spacial score (nSPS) is 10.5. The summed E-state index contributed by atoms with van der Waals surface area (Å²) in [6.07, 6.45) is 0. The summed E-state index contributed by atoms with van der Waals surface area (Å²) >= 11 is 1.42. The third kappa shape index (κ3) is 5.24. The Morgan fingerprint density at radius 3 is 2.53 bits per heavy atom. The molecule has 7 nitrogen and oxygen atoms in total. The molecule has 0 aliphatic heterocycles. The lowest BCUT2D eigenvalue weighted by Crippen LogP contribution is -2.13. The van der Waals surface area contributed by atoms with E-state index in [1.54, 1.807) is 49.6 Å². The van der Waals surface area contributed by atoms with Crippen LogP contribution in [0.1, 0.15) is 31.2 Å². The van der Waals surface area contributed by atoms with E-state index in [0.29, 0.717) is 22.0 Å². The molecule has 0 radical (unpaired) electrons. The van der Waals surface area contributed by atoms with Crippen LogP contribution in [0.4, 0.5) is 5.13 Å². The molecule has 0 fully saturated rings. The molecule has 8 heteroatoms. The van der Waals surface area contributed by atoms with Crippen LogP contribution in [0, 0.1) is 6.92 Å². The molecule has 172 valence electrons. The summed E-state index contributed by atoms with van der Waals surface area (Å²) in [4.78, 5) is 30.0. The lowest BCUT2D eigenvalue weighted by Gasteiger charge is -2.10. The van der Waals surface area contributed by atoms with Gasteiger partial charge in [-0.05, 0) is 61.0 Å². The Kier molecular flexibility index (Phi) is 6.89. The number of carbonyl (C=O) groups is 2. The van der Waals surface area contributed by atoms with Crippen LogP contribution in [0.3, 0.4) is 0 Å². The fourth-order valence-electron chi connectivity index (χ4n) is 3.40. The van der Waals surface area contributed by atoms with Crippen molar-refractivity contribution in [1.82, 2.24) is 4.98 Å². The molecule has 0 aliphatic rings. The zero-order valence-corrected chi connectivity index (χ0v) is 19.5. The van der Waals surface area contributed by atoms with Crippen molar-refractivity contribution in [2.24, 2.45) is 5.73 Å². The first-order valence-corrected chi connectivity index (χ1v) is 11.3. The molecule has 0 aliphatic carbocycles. The number of hydrogen-bond donors (Lipinski definition) is 2. The number of primary amides is 1. The van der Waals surface area contributed by atoms with Crippen LogP contribution < -0.4 is 20.5 Å². The summed E-state index contributed by atoms with van der Waals surface area (Å²) < 4.78 is 11.0. The monoisotopic (exact) mass is 473 g/mol. The number of carbonyl (C=O) groups excluding carboxylic acids is 2. The second kappa shape index (κ2) is 10.2. The molecular formula is C26H23N3O4S. The van der Waals surface area contributed by atoms with Crippen LogP contribution >= 0.6 is 11.3 Å². The van der Waals surface area contributed by atoms with Crippen molar-refractivity contribution in [3.8, 4) is 22.8 Å². The highest BCUT2D eigenvalue weighted by atomic mass is 32.1. The predicted octanol–water partition coefficient (Wildman–Crippen LogP) is 5.06. The maximum atomic E-state index is 12.9. The smallest absolute Gasteiger partial charge is 0.257 e. The number of nitrogens with one attached hydrogen (secondary N) is 1. The molecule has 3 aromatic carbocycles. The van der Waals surface area contributed by atoms with Gasteiger partial charge in [0.25, 0.3) is 11.8 Å². The first-order chi connectivity index (χ1) is 16.4. The van der Waals surface area contributed by atoms with Gasteiger partial charge in [-0.25, -0.2) is 4.98 Å². The average Bonchev–Trinajstić information content (AvgIpc) is 3.22. The summed E-state index contributed by atoms with van der Waals surface area (Å²) in [5.41, 5.74) is 8.73. The van der Waals surface area contributed by atoms with E-state index >= 15 is 0 Å². The fraction of sp³-hybridized carbons (Fsp3) is 0.115. The number of aryl methyl sites for hydroxylation is 1. The van der Waals surface area contributed by atoms with Gasteiger partial charge in [0.05, 0.1) is 18.4 Å². The van der Waals surface area contributed by atoms with Gasteiger partial charge in [0.15, 0.2) is 5.13 Å². The zero-order valence-electron chi connectivity index (χ0n) is 18.7. The standard InChI is InChI=1S/C26H23N3O4S/c1-16-23(18-10-12-20(32-2)13-11-18)28-26(34-16)29-25(31)19-7-5-6-17(14-19)15-33-22-9-4-3-8-21(22)24(27)30/h3-14H,15H2,1-2H3,(H2,27,30)(H,28,29,31). The van der Waals surface area contributed by atoms with Gasteiger partial charge in [0.2, 0.25) is 0 Å².